The van der Waals surface area contributed by atoms with E-state index in [1.165, 1.54) is 6.92 Å². The highest BCUT2D eigenvalue weighted by Crippen LogP contribution is 2.37. The number of amides is 2. The molecule has 0 radical (unpaired) electrons. The first-order chi connectivity index (χ1) is 12.5. The van der Waals surface area contributed by atoms with Gasteiger partial charge in [-0.05, 0) is 43.2 Å². The molecule has 2 aromatic carbocycles. The second-order valence-corrected chi connectivity index (χ2v) is 6.73. The van der Waals surface area contributed by atoms with E-state index in [1.54, 1.807) is 17.0 Å². The molecule has 2 amide bonds. The highest BCUT2D eigenvalue weighted by molar-refractivity contribution is 6.31. The lowest BCUT2D eigenvalue weighted by Crippen LogP contribution is -2.37. The Hall–Kier alpha value is -2.53. The van der Waals surface area contributed by atoms with Crippen molar-refractivity contribution in [1.29, 1.82) is 0 Å². The third-order valence-corrected chi connectivity index (χ3v) is 4.56. The summed E-state index contributed by atoms with van der Waals surface area (Å²) in [5.74, 6) is 0.455. The van der Waals surface area contributed by atoms with Gasteiger partial charge in [-0.3, -0.25) is 9.59 Å². The van der Waals surface area contributed by atoms with Gasteiger partial charge in [0, 0.05) is 29.7 Å². The van der Waals surface area contributed by atoms with Gasteiger partial charge in [-0.25, -0.2) is 0 Å². The van der Waals surface area contributed by atoms with E-state index in [9.17, 15) is 9.59 Å². The molecule has 3 rings (SSSR count). The van der Waals surface area contributed by atoms with Crippen LogP contribution in [0.1, 0.15) is 30.5 Å². The summed E-state index contributed by atoms with van der Waals surface area (Å²) in [7, 11) is 0. The minimum absolute atomic E-state index is 0.145. The van der Waals surface area contributed by atoms with Gasteiger partial charge in [-0.15, -0.1) is 0 Å². The number of anilines is 1. The molecule has 1 aliphatic heterocycles. The summed E-state index contributed by atoms with van der Waals surface area (Å²) in [5, 5.41) is 3.25. The Balaban J connectivity index is 1.67. The van der Waals surface area contributed by atoms with Crippen LogP contribution in [-0.4, -0.2) is 25.0 Å². The van der Waals surface area contributed by atoms with Crippen LogP contribution in [0.2, 0.25) is 5.02 Å². The van der Waals surface area contributed by atoms with Crippen molar-refractivity contribution in [3.05, 3.63) is 58.6 Å². The number of carbonyl (C=O) groups is 2. The van der Waals surface area contributed by atoms with Gasteiger partial charge >= 0.3 is 0 Å². The molecular weight excluding hydrogens is 352 g/mol. The topological polar surface area (TPSA) is 58.6 Å². The van der Waals surface area contributed by atoms with Crippen LogP contribution in [0.15, 0.2) is 42.5 Å². The Morgan fingerprint density at radius 3 is 2.77 bits per heavy atom. The summed E-state index contributed by atoms with van der Waals surface area (Å²) in [6, 6.07) is 12.5. The Morgan fingerprint density at radius 1 is 1.27 bits per heavy atom. The van der Waals surface area contributed by atoms with Gasteiger partial charge in [0.1, 0.15) is 11.8 Å². The van der Waals surface area contributed by atoms with Crippen molar-refractivity contribution in [3.8, 4) is 5.75 Å². The molecule has 0 saturated carbocycles. The number of para-hydroxylation sites is 1. The summed E-state index contributed by atoms with van der Waals surface area (Å²) in [6.07, 6.45) is 0.676. The molecule has 2 aromatic rings. The summed E-state index contributed by atoms with van der Waals surface area (Å²) in [4.78, 5) is 25.9. The van der Waals surface area contributed by atoms with Gasteiger partial charge in [0.25, 0.3) is 5.91 Å². The van der Waals surface area contributed by atoms with Gasteiger partial charge < -0.3 is 15.0 Å². The molecule has 0 fully saturated rings. The number of hydrogen-bond donors (Lipinski definition) is 1. The Bertz CT molecular complexity index is 838. The number of hydrogen-bond acceptors (Lipinski definition) is 3. The zero-order valence-electron chi connectivity index (χ0n) is 14.8. The fourth-order valence-electron chi connectivity index (χ4n) is 3.11. The van der Waals surface area contributed by atoms with Crippen LogP contribution < -0.4 is 15.0 Å². The molecule has 0 aromatic heterocycles. The van der Waals surface area contributed by atoms with Gasteiger partial charge in [0.2, 0.25) is 5.91 Å². The number of aryl methyl sites for hydroxylation is 1. The molecule has 1 unspecified atom stereocenters. The van der Waals surface area contributed by atoms with Crippen molar-refractivity contribution in [2.24, 2.45) is 0 Å². The van der Waals surface area contributed by atoms with Crippen molar-refractivity contribution >= 4 is 29.1 Å². The third kappa shape index (κ3) is 3.83. The fourth-order valence-corrected chi connectivity index (χ4v) is 3.29. The van der Waals surface area contributed by atoms with Gasteiger partial charge in [-0.1, -0.05) is 29.8 Å². The van der Waals surface area contributed by atoms with Crippen molar-refractivity contribution in [2.45, 2.75) is 26.3 Å². The van der Waals surface area contributed by atoms with Crippen LogP contribution in [0.25, 0.3) is 0 Å². The molecule has 1 N–H and O–H groups in total. The molecule has 0 saturated heterocycles. The maximum Gasteiger partial charge on any atom is 0.254 e. The van der Waals surface area contributed by atoms with Gasteiger partial charge in [0.15, 0.2) is 0 Å². The molecule has 26 heavy (non-hydrogen) atoms. The van der Waals surface area contributed by atoms with Crippen molar-refractivity contribution in [3.63, 3.8) is 0 Å². The molecule has 1 heterocycles. The first-order valence-corrected chi connectivity index (χ1v) is 8.91. The SMILES string of the molecule is CC(=O)NC1C(=O)N(CCCOc2ccccc2C)c2ccc(Cl)cc21. The van der Waals surface area contributed by atoms with E-state index in [-0.39, 0.29) is 11.8 Å². The molecule has 1 atom stereocenters. The van der Waals surface area contributed by atoms with Crippen LogP contribution in [0.3, 0.4) is 0 Å². The minimum Gasteiger partial charge on any atom is -0.493 e. The zero-order chi connectivity index (χ0) is 18.7. The Morgan fingerprint density at radius 2 is 2.04 bits per heavy atom. The number of nitrogens with zero attached hydrogens (tertiary/aromatic N) is 1. The number of benzene rings is 2. The van der Waals surface area contributed by atoms with E-state index >= 15 is 0 Å². The fraction of sp³-hybridized carbons (Fsp3) is 0.300. The van der Waals surface area contributed by atoms with Crippen LogP contribution in [-0.2, 0) is 9.59 Å². The molecule has 136 valence electrons. The molecular formula is C20H21ClN2O3. The van der Waals surface area contributed by atoms with Crippen molar-refractivity contribution in [1.82, 2.24) is 5.32 Å². The quantitative estimate of drug-likeness (QED) is 0.787. The first kappa shape index (κ1) is 18.3. The highest BCUT2D eigenvalue weighted by atomic mass is 35.5. The smallest absolute Gasteiger partial charge is 0.254 e. The van der Waals surface area contributed by atoms with E-state index in [0.29, 0.717) is 24.6 Å². The van der Waals surface area contributed by atoms with Gasteiger partial charge in [0.05, 0.1) is 6.61 Å². The number of halogens is 1. The van der Waals surface area contributed by atoms with Gasteiger partial charge in [-0.2, -0.15) is 0 Å². The van der Waals surface area contributed by atoms with Crippen molar-refractivity contribution < 1.29 is 14.3 Å². The monoisotopic (exact) mass is 372 g/mol. The van der Waals surface area contributed by atoms with Crippen LogP contribution >= 0.6 is 11.6 Å². The predicted octanol–water partition coefficient (Wildman–Crippen LogP) is 3.64. The Kier molecular flexibility index (Phi) is 5.47. The van der Waals surface area contributed by atoms with E-state index in [1.807, 2.05) is 37.3 Å². The normalized spacial score (nSPS) is 15.7. The molecule has 6 heteroatoms. The number of ether oxygens (including phenoxy) is 1. The second-order valence-electron chi connectivity index (χ2n) is 6.29. The zero-order valence-corrected chi connectivity index (χ0v) is 15.5. The molecule has 0 spiro atoms. The van der Waals surface area contributed by atoms with E-state index in [4.69, 9.17) is 16.3 Å². The molecule has 0 bridgehead atoms. The number of fused-ring (bicyclic) bond motifs is 1. The van der Waals surface area contributed by atoms with Crippen LogP contribution in [0.5, 0.6) is 5.75 Å². The molecule has 1 aliphatic rings. The highest BCUT2D eigenvalue weighted by Gasteiger charge is 2.37. The maximum atomic E-state index is 12.8. The van der Waals surface area contributed by atoms with E-state index in [2.05, 4.69) is 5.32 Å². The summed E-state index contributed by atoms with van der Waals surface area (Å²) < 4.78 is 5.80. The first-order valence-electron chi connectivity index (χ1n) is 8.53. The summed E-state index contributed by atoms with van der Waals surface area (Å²) in [6.45, 7) is 4.41. The lowest BCUT2D eigenvalue weighted by atomic mass is 10.1. The number of rotatable bonds is 6. The summed E-state index contributed by atoms with van der Waals surface area (Å²) in [5.41, 5.74) is 2.60. The van der Waals surface area contributed by atoms with Crippen molar-refractivity contribution in [2.75, 3.05) is 18.1 Å². The second kappa shape index (κ2) is 7.79. The minimum atomic E-state index is -0.682. The molecule has 0 aliphatic carbocycles. The maximum absolute atomic E-state index is 12.8. The van der Waals surface area contributed by atoms with E-state index < -0.39 is 6.04 Å². The average Bonchev–Trinajstić information content (AvgIpc) is 2.84. The average molecular weight is 373 g/mol. The molecule has 5 nitrogen and oxygen atoms in total. The largest absolute Gasteiger partial charge is 0.493 e. The Labute approximate surface area is 157 Å². The standard InChI is InChI=1S/C20H21ClN2O3/c1-13-6-3-4-7-18(13)26-11-5-10-23-17-9-8-15(21)12-16(17)19(20(23)25)22-14(2)24/h3-4,6-9,12,19H,5,10-11H2,1-2H3,(H,22,24). The third-order valence-electron chi connectivity index (χ3n) is 4.33. The lowest BCUT2D eigenvalue weighted by molar-refractivity contribution is -0.126. The predicted molar refractivity (Wildman–Crippen MR) is 102 cm³/mol. The lowest BCUT2D eigenvalue weighted by Gasteiger charge is -2.18. The van der Waals surface area contributed by atoms with E-state index in [0.717, 1.165) is 22.6 Å². The number of carbonyl (C=O) groups excluding carboxylic acids is 2. The van der Waals surface area contributed by atoms with Crippen LogP contribution in [0.4, 0.5) is 5.69 Å². The number of nitrogens with one attached hydrogen (secondary N) is 1. The van der Waals surface area contributed by atoms with Crippen LogP contribution in [0, 0.1) is 6.92 Å². The summed E-state index contributed by atoms with van der Waals surface area (Å²) >= 11 is 6.07.